The second-order valence-electron chi connectivity index (χ2n) is 4.79. The van der Waals surface area contributed by atoms with Crippen LogP contribution in [0.4, 0.5) is 5.95 Å². The Labute approximate surface area is 118 Å². The van der Waals surface area contributed by atoms with Gasteiger partial charge in [0.15, 0.2) is 5.82 Å². The van der Waals surface area contributed by atoms with Crippen LogP contribution in [0.15, 0.2) is 30.3 Å². The smallest absolute Gasteiger partial charge is 0.227 e. The van der Waals surface area contributed by atoms with Crippen LogP contribution in [0.25, 0.3) is 11.4 Å². The summed E-state index contributed by atoms with van der Waals surface area (Å²) in [4.78, 5) is 12.7. The molecule has 0 aliphatic carbocycles. The van der Waals surface area contributed by atoms with Gasteiger partial charge in [-0.3, -0.25) is 0 Å². The number of hydrogen-bond donors (Lipinski definition) is 1. The molecule has 0 spiro atoms. The number of nitrogens with one attached hydrogen (secondary N) is 1. The first-order valence-electron chi connectivity index (χ1n) is 6.30. The zero-order chi connectivity index (χ0) is 13.8. The number of anilines is 1. The van der Waals surface area contributed by atoms with E-state index in [1.807, 2.05) is 30.3 Å². The van der Waals surface area contributed by atoms with Gasteiger partial charge in [-0.05, 0) is 24.4 Å². The van der Waals surface area contributed by atoms with Gasteiger partial charge in [0, 0.05) is 11.6 Å². The largest absolute Gasteiger partial charge is 0.351 e. The molecule has 100 valence electrons. The van der Waals surface area contributed by atoms with Crippen molar-refractivity contribution >= 4 is 17.5 Å². The second kappa shape index (κ2) is 5.97. The summed E-state index contributed by atoms with van der Waals surface area (Å²) in [5.74, 6) is 1.58. The zero-order valence-electron chi connectivity index (χ0n) is 11.3. The molecule has 19 heavy (non-hydrogen) atoms. The third-order valence-corrected chi connectivity index (χ3v) is 3.17. The summed E-state index contributed by atoms with van der Waals surface area (Å²) in [7, 11) is 0. The molecule has 1 heterocycles. The van der Waals surface area contributed by atoms with E-state index >= 15 is 0 Å². The van der Waals surface area contributed by atoms with Gasteiger partial charge in [0.1, 0.15) is 0 Å². The number of benzene rings is 1. The average Bonchev–Trinajstić information content (AvgIpc) is 2.39. The first kappa shape index (κ1) is 13.7. The minimum absolute atomic E-state index is 0.201. The fourth-order valence-electron chi connectivity index (χ4n) is 1.50. The minimum atomic E-state index is 0.201. The summed E-state index contributed by atoms with van der Waals surface area (Å²) >= 11 is 5.96. The molecule has 4 nitrogen and oxygen atoms in total. The number of rotatable bonds is 4. The Morgan fingerprint density at radius 1 is 1.00 bits per heavy atom. The van der Waals surface area contributed by atoms with Crippen molar-refractivity contribution in [2.24, 2.45) is 5.92 Å². The Morgan fingerprint density at radius 2 is 1.68 bits per heavy atom. The van der Waals surface area contributed by atoms with Crippen molar-refractivity contribution < 1.29 is 0 Å². The molecule has 0 amide bonds. The molecule has 0 saturated carbocycles. The van der Waals surface area contributed by atoms with Crippen LogP contribution in [0.3, 0.4) is 0 Å². The summed E-state index contributed by atoms with van der Waals surface area (Å²) in [6.07, 6.45) is 0. The molecule has 0 aliphatic heterocycles. The highest BCUT2D eigenvalue weighted by molar-refractivity contribution is 6.28. The molecule has 0 fully saturated rings. The van der Waals surface area contributed by atoms with E-state index in [9.17, 15) is 0 Å². The van der Waals surface area contributed by atoms with Crippen LogP contribution in [-0.4, -0.2) is 21.0 Å². The van der Waals surface area contributed by atoms with Gasteiger partial charge < -0.3 is 5.32 Å². The highest BCUT2D eigenvalue weighted by Gasteiger charge is 2.11. The molecule has 1 aromatic heterocycles. The van der Waals surface area contributed by atoms with Crippen LogP contribution in [0.1, 0.15) is 20.8 Å². The van der Waals surface area contributed by atoms with Gasteiger partial charge in [0.2, 0.25) is 11.2 Å². The third kappa shape index (κ3) is 3.64. The molecule has 5 heteroatoms. The molecule has 2 aromatic rings. The fourth-order valence-corrected chi connectivity index (χ4v) is 1.66. The molecule has 2 rings (SSSR count). The van der Waals surface area contributed by atoms with Gasteiger partial charge >= 0.3 is 0 Å². The van der Waals surface area contributed by atoms with Gasteiger partial charge in [-0.25, -0.2) is 0 Å². The van der Waals surface area contributed by atoms with Crippen LogP contribution in [0, 0.1) is 5.92 Å². The number of hydrogen-bond acceptors (Lipinski definition) is 4. The summed E-state index contributed by atoms with van der Waals surface area (Å²) in [5.41, 5.74) is 0.923. The summed E-state index contributed by atoms with van der Waals surface area (Å²) in [6.45, 7) is 6.36. The van der Waals surface area contributed by atoms with E-state index in [1.165, 1.54) is 0 Å². The van der Waals surface area contributed by atoms with Crippen LogP contribution >= 0.6 is 11.6 Å². The Morgan fingerprint density at radius 3 is 2.32 bits per heavy atom. The lowest BCUT2D eigenvalue weighted by Crippen LogP contribution is -2.23. The second-order valence-corrected chi connectivity index (χ2v) is 5.13. The molecule has 0 aliphatic rings. The molecule has 1 aromatic carbocycles. The first-order chi connectivity index (χ1) is 9.06. The molecular formula is C14H17ClN4. The van der Waals surface area contributed by atoms with E-state index in [0.29, 0.717) is 17.7 Å². The van der Waals surface area contributed by atoms with Gasteiger partial charge in [0.25, 0.3) is 0 Å². The van der Waals surface area contributed by atoms with Gasteiger partial charge in [0.05, 0.1) is 0 Å². The topological polar surface area (TPSA) is 50.7 Å². The summed E-state index contributed by atoms with van der Waals surface area (Å²) in [6, 6.07) is 9.99. The predicted octanol–water partition coefficient (Wildman–Crippen LogP) is 3.65. The molecule has 0 bridgehead atoms. The molecule has 0 radical (unpaired) electrons. The number of halogens is 1. The predicted molar refractivity (Wildman–Crippen MR) is 78.2 cm³/mol. The minimum Gasteiger partial charge on any atom is -0.351 e. The van der Waals surface area contributed by atoms with Crippen molar-refractivity contribution in [3.63, 3.8) is 0 Å². The maximum atomic E-state index is 5.96. The van der Waals surface area contributed by atoms with Crippen molar-refractivity contribution in [2.45, 2.75) is 26.8 Å². The van der Waals surface area contributed by atoms with Gasteiger partial charge in [-0.15, -0.1) is 0 Å². The van der Waals surface area contributed by atoms with Crippen molar-refractivity contribution in [3.05, 3.63) is 35.6 Å². The van der Waals surface area contributed by atoms with Crippen LogP contribution in [-0.2, 0) is 0 Å². The van der Waals surface area contributed by atoms with E-state index in [-0.39, 0.29) is 11.3 Å². The number of aromatic nitrogens is 3. The first-order valence-corrected chi connectivity index (χ1v) is 6.67. The normalized spacial score (nSPS) is 12.5. The Kier molecular flexibility index (Phi) is 4.32. The van der Waals surface area contributed by atoms with E-state index in [4.69, 9.17) is 11.6 Å². The molecule has 1 atom stereocenters. The quantitative estimate of drug-likeness (QED) is 0.926. The van der Waals surface area contributed by atoms with Crippen LogP contribution in [0.2, 0.25) is 5.28 Å². The maximum Gasteiger partial charge on any atom is 0.227 e. The lowest BCUT2D eigenvalue weighted by atomic mass is 10.1. The van der Waals surface area contributed by atoms with Crippen LogP contribution in [0.5, 0.6) is 0 Å². The molecule has 1 N–H and O–H groups in total. The zero-order valence-corrected chi connectivity index (χ0v) is 12.0. The van der Waals surface area contributed by atoms with Gasteiger partial charge in [-0.1, -0.05) is 44.2 Å². The lowest BCUT2D eigenvalue weighted by Gasteiger charge is -2.17. The maximum absolute atomic E-state index is 5.96. The standard InChI is InChI=1S/C14H17ClN4/c1-9(2)10(3)16-14-18-12(17-13(15)19-14)11-7-5-4-6-8-11/h4-10H,1-3H3,(H,16,17,18,19). The van der Waals surface area contributed by atoms with E-state index in [1.54, 1.807) is 0 Å². The van der Waals surface area contributed by atoms with E-state index in [0.717, 1.165) is 5.56 Å². The van der Waals surface area contributed by atoms with E-state index < -0.39 is 0 Å². The summed E-state index contributed by atoms with van der Waals surface area (Å²) in [5, 5.41) is 3.45. The Balaban J connectivity index is 2.30. The van der Waals surface area contributed by atoms with Crippen molar-refractivity contribution in [3.8, 4) is 11.4 Å². The van der Waals surface area contributed by atoms with Crippen molar-refractivity contribution in [1.29, 1.82) is 0 Å². The monoisotopic (exact) mass is 276 g/mol. The van der Waals surface area contributed by atoms with Crippen LogP contribution < -0.4 is 5.32 Å². The lowest BCUT2D eigenvalue weighted by molar-refractivity contribution is 0.556. The van der Waals surface area contributed by atoms with Crippen molar-refractivity contribution in [2.75, 3.05) is 5.32 Å². The summed E-state index contributed by atoms with van der Waals surface area (Å²) < 4.78 is 0. The average molecular weight is 277 g/mol. The van der Waals surface area contributed by atoms with Gasteiger partial charge in [-0.2, -0.15) is 15.0 Å². The molecular weight excluding hydrogens is 260 g/mol. The Hall–Kier alpha value is -1.68. The highest BCUT2D eigenvalue weighted by atomic mass is 35.5. The highest BCUT2D eigenvalue weighted by Crippen LogP contribution is 2.18. The Bertz CT molecular complexity index is 542. The van der Waals surface area contributed by atoms with Crippen molar-refractivity contribution in [1.82, 2.24) is 15.0 Å². The molecule has 1 unspecified atom stereocenters. The fraction of sp³-hybridized carbons (Fsp3) is 0.357. The number of nitrogens with zero attached hydrogens (tertiary/aromatic N) is 3. The SMILES string of the molecule is CC(C)C(C)Nc1nc(Cl)nc(-c2ccccc2)n1. The van der Waals surface area contributed by atoms with E-state index in [2.05, 4.69) is 41.0 Å². The third-order valence-electron chi connectivity index (χ3n) is 3.00. The molecule has 0 saturated heterocycles.